The van der Waals surface area contributed by atoms with E-state index >= 15 is 0 Å². The molecule has 0 saturated carbocycles. The molecule has 0 aliphatic rings. The number of carbonyl (C=O) groups is 1. The third-order valence-electron chi connectivity index (χ3n) is 2.43. The van der Waals surface area contributed by atoms with Gasteiger partial charge in [0.1, 0.15) is 11.5 Å². The SMILES string of the molecule is O=C(O)/C=C/c1cc(Br)ccc1Oc1ccccc1I. The van der Waals surface area contributed by atoms with Crippen molar-refractivity contribution in [2.75, 3.05) is 0 Å². The Hall–Kier alpha value is -1.34. The molecular formula is C15H10BrIO3. The summed E-state index contributed by atoms with van der Waals surface area (Å²) in [6.45, 7) is 0. The molecule has 0 amide bonds. The molecule has 0 aromatic heterocycles. The quantitative estimate of drug-likeness (QED) is 0.536. The Balaban J connectivity index is 2.36. The van der Waals surface area contributed by atoms with Crippen LogP contribution in [0.3, 0.4) is 0 Å². The van der Waals surface area contributed by atoms with Crippen molar-refractivity contribution in [2.45, 2.75) is 0 Å². The molecule has 2 rings (SSSR count). The molecule has 20 heavy (non-hydrogen) atoms. The average Bonchev–Trinajstić information content (AvgIpc) is 2.41. The number of ether oxygens (including phenoxy) is 1. The molecule has 0 spiro atoms. The second-order valence-corrected chi connectivity index (χ2v) is 5.96. The minimum Gasteiger partial charge on any atom is -0.478 e. The Bertz CT molecular complexity index is 668. The Morgan fingerprint density at radius 3 is 2.65 bits per heavy atom. The van der Waals surface area contributed by atoms with E-state index in [0.29, 0.717) is 11.3 Å². The molecule has 0 radical (unpaired) electrons. The van der Waals surface area contributed by atoms with Crippen LogP contribution in [0.15, 0.2) is 53.0 Å². The van der Waals surface area contributed by atoms with Crippen molar-refractivity contribution in [3.63, 3.8) is 0 Å². The van der Waals surface area contributed by atoms with Crippen LogP contribution in [0, 0.1) is 3.57 Å². The van der Waals surface area contributed by atoms with Gasteiger partial charge in [-0.05, 0) is 59.0 Å². The minimum atomic E-state index is -0.995. The Kier molecular flexibility index (Phi) is 5.19. The van der Waals surface area contributed by atoms with Gasteiger partial charge in [-0.2, -0.15) is 0 Å². The van der Waals surface area contributed by atoms with E-state index < -0.39 is 5.97 Å². The highest BCUT2D eigenvalue weighted by Crippen LogP contribution is 2.31. The lowest BCUT2D eigenvalue weighted by Gasteiger charge is -2.10. The second kappa shape index (κ2) is 6.90. The number of benzene rings is 2. The number of carboxylic acid groups (broad SMARTS) is 1. The van der Waals surface area contributed by atoms with Gasteiger partial charge in [0.05, 0.1) is 3.57 Å². The number of para-hydroxylation sites is 1. The van der Waals surface area contributed by atoms with Gasteiger partial charge in [-0.3, -0.25) is 0 Å². The zero-order valence-electron chi connectivity index (χ0n) is 10.2. The summed E-state index contributed by atoms with van der Waals surface area (Å²) in [5.41, 5.74) is 0.696. The molecule has 0 aliphatic carbocycles. The fourth-order valence-corrected chi connectivity index (χ4v) is 2.43. The van der Waals surface area contributed by atoms with Crippen LogP contribution in [0.2, 0.25) is 0 Å². The van der Waals surface area contributed by atoms with Crippen molar-refractivity contribution in [2.24, 2.45) is 0 Å². The van der Waals surface area contributed by atoms with Crippen LogP contribution in [-0.2, 0) is 4.79 Å². The molecule has 2 aromatic carbocycles. The maximum atomic E-state index is 10.6. The summed E-state index contributed by atoms with van der Waals surface area (Å²) in [5.74, 6) is 0.348. The second-order valence-electron chi connectivity index (χ2n) is 3.89. The number of hydrogen-bond donors (Lipinski definition) is 1. The number of halogens is 2. The molecule has 2 aromatic rings. The van der Waals surface area contributed by atoms with Crippen LogP contribution in [0.5, 0.6) is 11.5 Å². The molecule has 102 valence electrons. The lowest BCUT2D eigenvalue weighted by molar-refractivity contribution is -0.131. The molecule has 3 nitrogen and oxygen atoms in total. The van der Waals surface area contributed by atoms with Crippen molar-refractivity contribution in [3.05, 3.63) is 62.1 Å². The number of carboxylic acids is 1. The maximum absolute atomic E-state index is 10.6. The van der Waals surface area contributed by atoms with Gasteiger partial charge in [0, 0.05) is 16.1 Å². The number of hydrogen-bond acceptors (Lipinski definition) is 2. The smallest absolute Gasteiger partial charge is 0.328 e. The average molecular weight is 445 g/mol. The van der Waals surface area contributed by atoms with Crippen LogP contribution in [0.25, 0.3) is 6.08 Å². The molecular weight excluding hydrogens is 435 g/mol. The molecule has 0 atom stereocenters. The highest BCUT2D eigenvalue weighted by Gasteiger charge is 2.06. The van der Waals surface area contributed by atoms with Crippen LogP contribution in [-0.4, -0.2) is 11.1 Å². The molecule has 0 heterocycles. The van der Waals surface area contributed by atoms with Gasteiger partial charge >= 0.3 is 5.97 Å². The van der Waals surface area contributed by atoms with E-state index in [1.165, 1.54) is 6.08 Å². The molecule has 5 heteroatoms. The molecule has 0 fully saturated rings. The summed E-state index contributed by atoms with van der Waals surface area (Å²) in [7, 11) is 0. The van der Waals surface area contributed by atoms with Gasteiger partial charge in [-0.25, -0.2) is 4.79 Å². The van der Waals surface area contributed by atoms with Gasteiger partial charge < -0.3 is 9.84 Å². The van der Waals surface area contributed by atoms with Gasteiger partial charge in [-0.1, -0.05) is 28.1 Å². The predicted molar refractivity (Wildman–Crippen MR) is 90.0 cm³/mol. The van der Waals surface area contributed by atoms with Gasteiger partial charge in [-0.15, -0.1) is 0 Å². The zero-order chi connectivity index (χ0) is 14.5. The summed E-state index contributed by atoms with van der Waals surface area (Å²) in [6, 6.07) is 13.1. The Morgan fingerprint density at radius 2 is 1.95 bits per heavy atom. The van der Waals surface area contributed by atoms with Crippen molar-refractivity contribution in [3.8, 4) is 11.5 Å². The summed E-state index contributed by atoms with van der Waals surface area (Å²) in [6.07, 6.45) is 2.60. The van der Waals surface area contributed by atoms with Crippen molar-refractivity contribution < 1.29 is 14.6 Å². The molecule has 0 aliphatic heterocycles. The number of aliphatic carboxylic acids is 1. The lowest BCUT2D eigenvalue weighted by atomic mass is 10.2. The zero-order valence-corrected chi connectivity index (χ0v) is 14.0. The molecule has 0 unspecified atom stereocenters. The predicted octanol–water partition coefficient (Wildman–Crippen LogP) is 4.94. The van der Waals surface area contributed by atoms with E-state index in [4.69, 9.17) is 9.84 Å². The normalized spacial score (nSPS) is 10.7. The topological polar surface area (TPSA) is 46.5 Å². The van der Waals surface area contributed by atoms with E-state index in [0.717, 1.165) is 19.9 Å². The Labute approximate surface area is 138 Å². The van der Waals surface area contributed by atoms with Crippen LogP contribution < -0.4 is 4.74 Å². The fraction of sp³-hybridized carbons (Fsp3) is 0. The third-order valence-corrected chi connectivity index (χ3v) is 3.82. The van der Waals surface area contributed by atoms with Gasteiger partial charge in [0.2, 0.25) is 0 Å². The first-order valence-electron chi connectivity index (χ1n) is 5.69. The summed E-state index contributed by atoms with van der Waals surface area (Å²) in [5, 5.41) is 8.73. The highest BCUT2D eigenvalue weighted by molar-refractivity contribution is 14.1. The van der Waals surface area contributed by atoms with E-state index in [1.807, 2.05) is 36.4 Å². The fourth-order valence-electron chi connectivity index (χ4n) is 1.55. The first kappa shape index (κ1) is 15.1. The first-order chi connectivity index (χ1) is 9.56. The van der Waals surface area contributed by atoms with E-state index in [9.17, 15) is 4.79 Å². The molecule has 1 N–H and O–H groups in total. The van der Waals surface area contributed by atoms with Crippen LogP contribution >= 0.6 is 38.5 Å². The summed E-state index contributed by atoms with van der Waals surface area (Å²) in [4.78, 5) is 10.6. The van der Waals surface area contributed by atoms with E-state index in [2.05, 4.69) is 38.5 Å². The Morgan fingerprint density at radius 1 is 1.20 bits per heavy atom. The maximum Gasteiger partial charge on any atom is 0.328 e. The van der Waals surface area contributed by atoms with Gasteiger partial charge in [0.15, 0.2) is 0 Å². The van der Waals surface area contributed by atoms with Crippen LogP contribution in [0.4, 0.5) is 0 Å². The van der Waals surface area contributed by atoms with E-state index in [1.54, 1.807) is 6.07 Å². The minimum absolute atomic E-state index is 0.606. The monoisotopic (exact) mass is 444 g/mol. The van der Waals surface area contributed by atoms with E-state index in [-0.39, 0.29) is 0 Å². The van der Waals surface area contributed by atoms with Gasteiger partial charge in [0.25, 0.3) is 0 Å². The van der Waals surface area contributed by atoms with Crippen molar-refractivity contribution >= 4 is 50.6 Å². The first-order valence-corrected chi connectivity index (χ1v) is 7.56. The standard InChI is InChI=1S/C15H10BrIO3/c16-11-6-7-13(10(9-11)5-8-15(18)19)20-14-4-2-1-3-12(14)17/h1-9H,(H,18,19)/b8-5+. The molecule has 0 saturated heterocycles. The highest BCUT2D eigenvalue weighted by atomic mass is 127. The molecule has 0 bridgehead atoms. The summed E-state index contributed by atoms with van der Waals surface area (Å²) >= 11 is 5.56. The number of rotatable bonds is 4. The summed E-state index contributed by atoms with van der Waals surface area (Å²) < 4.78 is 7.70. The van der Waals surface area contributed by atoms with Crippen molar-refractivity contribution in [1.29, 1.82) is 0 Å². The third kappa shape index (κ3) is 4.08. The largest absolute Gasteiger partial charge is 0.478 e. The lowest BCUT2D eigenvalue weighted by Crippen LogP contribution is -1.91. The van der Waals surface area contributed by atoms with Crippen LogP contribution in [0.1, 0.15) is 5.56 Å². The van der Waals surface area contributed by atoms with Crippen molar-refractivity contribution in [1.82, 2.24) is 0 Å².